The van der Waals surface area contributed by atoms with Crippen LogP contribution in [0.25, 0.3) is 0 Å². The zero-order valence-electron chi connectivity index (χ0n) is 13.3. The maximum absolute atomic E-state index is 13.0. The van der Waals surface area contributed by atoms with Gasteiger partial charge in [-0.15, -0.1) is 0 Å². The Balaban J connectivity index is 1.94. The SMILES string of the molecule is CCC1(CC)C(=O)NC(C2CC2)C(=O)N1Cc1ccccc1. The summed E-state index contributed by atoms with van der Waals surface area (Å²) in [4.78, 5) is 27.6. The summed E-state index contributed by atoms with van der Waals surface area (Å²) in [6.45, 7) is 4.50. The zero-order valence-corrected chi connectivity index (χ0v) is 13.3. The van der Waals surface area contributed by atoms with Crippen LogP contribution in [0.15, 0.2) is 30.3 Å². The van der Waals surface area contributed by atoms with Crippen LogP contribution in [-0.2, 0) is 16.1 Å². The molecule has 2 amide bonds. The highest BCUT2D eigenvalue weighted by Crippen LogP contribution is 2.39. The lowest BCUT2D eigenvalue weighted by Crippen LogP contribution is -2.70. The molecule has 0 radical (unpaired) electrons. The van der Waals surface area contributed by atoms with Crippen molar-refractivity contribution in [3.05, 3.63) is 35.9 Å². The monoisotopic (exact) mass is 300 g/mol. The number of amides is 2. The molecule has 1 atom stereocenters. The van der Waals surface area contributed by atoms with Gasteiger partial charge in [0.2, 0.25) is 11.8 Å². The van der Waals surface area contributed by atoms with Gasteiger partial charge in [-0.3, -0.25) is 9.59 Å². The molecule has 0 bridgehead atoms. The van der Waals surface area contributed by atoms with Crippen molar-refractivity contribution in [3.8, 4) is 0 Å². The van der Waals surface area contributed by atoms with Gasteiger partial charge in [-0.1, -0.05) is 44.2 Å². The second-order valence-electron chi connectivity index (χ2n) is 6.44. The third-order valence-corrected chi connectivity index (χ3v) is 5.20. The highest BCUT2D eigenvalue weighted by Gasteiger charge is 2.53. The molecule has 1 aromatic carbocycles. The Morgan fingerprint density at radius 1 is 1.14 bits per heavy atom. The van der Waals surface area contributed by atoms with E-state index >= 15 is 0 Å². The molecule has 1 aromatic rings. The van der Waals surface area contributed by atoms with E-state index in [0.29, 0.717) is 25.3 Å². The summed E-state index contributed by atoms with van der Waals surface area (Å²) in [5.74, 6) is 0.445. The van der Waals surface area contributed by atoms with Crippen molar-refractivity contribution in [1.29, 1.82) is 0 Å². The van der Waals surface area contributed by atoms with E-state index in [1.165, 1.54) is 0 Å². The molecule has 1 heterocycles. The zero-order chi connectivity index (χ0) is 15.7. The lowest BCUT2D eigenvalue weighted by Gasteiger charge is -2.48. The van der Waals surface area contributed by atoms with Gasteiger partial charge in [-0.05, 0) is 37.2 Å². The molecule has 3 rings (SSSR count). The van der Waals surface area contributed by atoms with E-state index in [9.17, 15) is 9.59 Å². The van der Waals surface area contributed by atoms with Crippen LogP contribution in [0.1, 0.15) is 45.1 Å². The van der Waals surface area contributed by atoms with Gasteiger partial charge in [-0.2, -0.15) is 0 Å². The first kappa shape index (κ1) is 15.1. The van der Waals surface area contributed by atoms with Crippen LogP contribution in [0, 0.1) is 5.92 Å². The van der Waals surface area contributed by atoms with Crippen molar-refractivity contribution >= 4 is 11.8 Å². The number of hydrogen-bond acceptors (Lipinski definition) is 2. The molecule has 1 N–H and O–H groups in total. The fourth-order valence-electron chi connectivity index (χ4n) is 3.54. The average molecular weight is 300 g/mol. The smallest absolute Gasteiger partial charge is 0.246 e. The van der Waals surface area contributed by atoms with Crippen molar-refractivity contribution < 1.29 is 9.59 Å². The molecule has 2 fully saturated rings. The van der Waals surface area contributed by atoms with Gasteiger partial charge in [0.1, 0.15) is 11.6 Å². The number of hydrogen-bond donors (Lipinski definition) is 1. The maximum Gasteiger partial charge on any atom is 0.246 e. The standard InChI is InChI=1S/C18H24N2O2/c1-3-18(4-2)17(22)19-15(14-10-11-14)16(21)20(18)12-13-8-6-5-7-9-13/h5-9,14-15H,3-4,10-12H2,1-2H3,(H,19,22). The highest BCUT2D eigenvalue weighted by molar-refractivity contribution is 6.00. The van der Waals surface area contributed by atoms with Gasteiger partial charge in [0.25, 0.3) is 0 Å². The number of carbonyl (C=O) groups excluding carboxylic acids is 2. The lowest BCUT2D eigenvalue weighted by atomic mass is 9.84. The van der Waals surface area contributed by atoms with Gasteiger partial charge in [0.15, 0.2) is 0 Å². The number of benzene rings is 1. The second kappa shape index (κ2) is 5.75. The highest BCUT2D eigenvalue weighted by atomic mass is 16.2. The van der Waals surface area contributed by atoms with Crippen LogP contribution >= 0.6 is 0 Å². The molecule has 4 heteroatoms. The van der Waals surface area contributed by atoms with Crippen LogP contribution in [0.3, 0.4) is 0 Å². The molecular formula is C18H24N2O2. The van der Waals surface area contributed by atoms with Gasteiger partial charge in [0.05, 0.1) is 0 Å². The summed E-state index contributed by atoms with van der Waals surface area (Å²) in [5, 5.41) is 3.01. The van der Waals surface area contributed by atoms with Crippen LogP contribution in [0.4, 0.5) is 0 Å². The molecule has 118 valence electrons. The van der Waals surface area contributed by atoms with E-state index in [1.807, 2.05) is 49.1 Å². The number of nitrogens with one attached hydrogen (secondary N) is 1. The number of piperazine rings is 1. The van der Waals surface area contributed by atoms with E-state index in [4.69, 9.17) is 0 Å². The molecule has 0 spiro atoms. The van der Waals surface area contributed by atoms with E-state index in [1.54, 1.807) is 0 Å². The minimum absolute atomic E-state index is 0.0185. The van der Waals surface area contributed by atoms with Crippen molar-refractivity contribution in [2.45, 2.75) is 57.7 Å². The summed E-state index contributed by atoms with van der Waals surface area (Å²) >= 11 is 0. The molecule has 0 aromatic heterocycles. The molecule has 1 aliphatic carbocycles. The molecular weight excluding hydrogens is 276 g/mol. The minimum atomic E-state index is -0.710. The van der Waals surface area contributed by atoms with E-state index in [2.05, 4.69) is 5.32 Å². The predicted molar refractivity (Wildman–Crippen MR) is 85.0 cm³/mol. The Bertz CT molecular complexity index is 562. The van der Waals surface area contributed by atoms with Crippen molar-refractivity contribution in [1.82, 2.24) is 10.2 Å². The first-order valence-corrected chi connectivity index (χ1v) is 8.28. The van der Waals surface area contributed by atoms with Gasteiger partial charge >= 0.3 is 0 Å². The first-order chi connectivity index (χ1) is 10.6. The van der Waals surface area contributed by atoms with E-state index < -0.39 is 5.54 Å². The predicted octanol–water partition coefficient (Wildman–Crippen LogP) is 2.48. The first-order valence-electron chi connectivity index (χ1n) is 8.28. The third kappa shape index (κ3) is 2.40. The van der Waals surface area contributed by atoms with Crippen molar-refractivity contribution in [2.24, 2.45) is 5.92 Å². The fraction of sp³-hybridized carbons (Fsp3) is 0.556. The average Bonchev–Trinajstić information content (AvgIpc) is 3.37. The summed E-state index contributed by atoms with van der Waals surface area (Å²) in [7, 11) is 0. The van der Waals surface area contributed by atoms with E-state index in [0.717, 1.165) is 18.4 Å². The van der Waals surface area contributed by atoms with Gasteiger partial charge < -0.3 is 10.2 Å². The second-order valence-corrected chi connectivity index (χ2v) is 6.44. The summed E-state index contributed by atoms with van der Waals surface area (Å²) in [6, 6.07) is 9.63. The number of rotatable bonds is 5. The molecule has 4 nitrogen and oxygen atoms in total. The van der Waals surface area contributed by atoms with Crippen LogP contribution < -0.4 is 5.32 Å². The topological polar surface area (TPSA) is 49.4 Å². The Kier molecular flexibility index (Phi) is 3.94. The molecule has 1 saturated heterocycles. The number of nitrogens with zero attached hydrogens (tertiary/aromatic N) is 1. The molecule has 1 saturated carbocycles. The van der Waals surface area contributed by atoms with Gasteiger partial charge in [0, 0.05) is 6.54 Å². The molecule has 2 aliphatic rings. The summed E-state index contributed by atoms with van der Waals surface area (Å²) in [5.41, 5.74) is 0.365. The number of carbonyl (C=O) groups is 2. The van der Waals surface area contributed by atoms with Crippen LogP contribution in [-0.4, -0.2) is 28.3 Å². The maximum atomic E-state index is 13.0. The van der Waals surface area contributed by atoms with Gasteiger partial charge in [-0.25, -0.2) is 0 Å². The summed E-state index contributed by atoms with van der Waals surface area (Å²) < 4.78 is 0. The quantitative estimate of drug-likeness (QED) is 0.908. The normalized spacial score (nSPS) is 24.3. The Labute approximate surface area is 131 Å². The van der Waals surface area contributed by atoms with E-state index in [-0.39, 0.29) is 17.9 Å². The minimum Gasteiger partial charge on any atom is -0.342 e. The third-order valence-electron chi connectivity index (χ3n) is 5.20. The van der Waals surface area contributed by atoms with Crippen molar-refractivity contribution in [3.63, 3.8) is 0 Å². The lowest BCUT2D eigenvalue weighted by molar-refractivity contribution is -0.160. The molecule has 1 aliphatic heterocycles. The molecule has 1 unspecified atom stereocenters. The van der Waals surface area contributed by atoms with Crippen LogP contribution in [0.2, 0.25) is 0 Å². The molecule has 22 heavy (non-hydrogen) atoms. The van der Waals surface area contributed by atoms with Crippen LogP contribution in [0.5, 0.6) is 0 Å². The Morgan fingerprint density at radius 2 is 1.77 bits per heavy atom. The van der Waals surface area contributed by atoms with Crippen molar-refractivity contribution in [2.75, 3.05) is 0 Å². The largest absolute Gasteiger partial charge is 0.342 e. The Hall–Kier alpha value is -1.84. The fourth-order valence-corrected chi connectivity index (χ4v) is 3.54. The summed E-state index contributed by atoms with van der Waals surface area (Å²) in [6.07, 6.45) is 3.37. The Morgan fingerprint density at radius 3 is 2.32 bits per heavy atom.